The summed E-state index contributed by atoms with van der Waals surface area (Å²) in [6, 6.07) is 5.97. The summed E-state index contributed by atoms with van der Waals surface area (Å²) in [5.41, 5.74) is 8.24. The highest BCUT2D eigenvalue weighted by atomic mass is 35.5. The van der Waals surface area contributed by atoms with Crippen LogP contribution in [0.3, 0.4) is 0 Å². The third-order valence-electron chi connectivity index (χ3n) is 1.98. The van der Waals surface area contributed by atoms with Crippen molar-refractivity contribution in [2.75, 3.05) is 0 Å². The molecular formula is C10H14ClN. The van der Waals surface area contributed by atoms with Crippen molar-refractivity contribution in [1.29, 1.82) is 0 Å². The van der Waals surface area contributed by atoms with Crippen LogP contribution in [0.5, 0.6) is 0 Å². The zero-order valence-electron chi connectivity index (χ0n) is 7.47. The largest absolute Gasteiger partial charge is 0.324 e. The first-order valence-electron chi connectivity index (χ1n) is 4.19. The van der Waals surface area contributed by atoms with Gasteiger partial charge >= 0.3 is 0 Å². The molecule has 1 aromatic carbocycles. The van der Waals surface area contributed by atoms with E-state index in [1.54, 1.807) is 0 Å². The van der Waals surface area contributed by atoms with Crippen molar-refractivity contribution in [2.45, 2.75) is 26.3 Å². The molecule has 2 N–H and O–H groups in total. The van der Waals surface area contributed by atoms with Gasteiger partial charge in [-0.05, 0) is 36.6 Å². The van der Waals surface area contributed by atoms with Gasteiger partial charge in [0, 0.05) is 11.1 Å². The normalized spacial score (nSPS) is 13.0. The molecule has 0 aromatic heterocycles. The van der Waals surface area contributed by atoms with Crippen LogP contribution in [0.2, 0.25) is 5.02 Å². The molecule has 66 valence electrons. The molecule has 1 atom stereocenters. The summed E-state index contributed by atoms with van der Waals surface area (Å²) in [7, 11) is 0. The zero-order chi connectivity index (χ0) is 9.14. The molecule has 0 fully saturated rings. The lowest BCUT2D eigenvalue weighted by molar-refractivity contribution is 0.801. The van der Waals surface area contributed by atoms with Crippen LogP contribution in [-0.2, 0) is 6.42 Å². The van der Waals surface area contributed by atoms with Gasteiger partial charge in [-0.2, -0.15) is 0 Å². The maximum atomic E-state index is 5.86. The first kappa shape index (κ1) is 9.56. The minimum Gasteiger partial charge on any atom is -0.324 e. The third kappa shape index (κ3) is 1.99. The molecule has 0 spiro atoms. The van der Waals surface area contributed by atoms with Crippen LogP contribution in [0.1, 0.15) is 31.0 Å². The van der Waals surface area contributed by atoms with Crippen LogP contribution in [0.4, 0.5) is 0 Å². The van der Waals surface area contributed by atoms with E-state index in [0.29, 0.717) is 0 Å². The maximum absolute atomic E-state index is 5.86. The molecule has 0 saturated heterocycles. The van der Waals surface area contributed by atoms with E-state index in [1.807, 2.05) is 25.1 Å². The summed E-state index contributed by atoms with van der Waals surface area (Å²) in [6.45, 7) is 4.10. The molecule has 0 heterocycles. The summed E-state index contributed by atoms with van der Waals surface area (Å²) in [4.78, 5) is 0. The maximum Gasteiger partial charge on any atom is 0.0409 e. The standard InChI is InChI=1S/C10H14ClN/c1-3-8-4-5-9(11)6-10(8)7(2)12/h4-7H,3,12H2,1-2H3. The summed E-state index contributed by atoms with van der Waals surface area (Å²) < 4.78 is 0. The number of hydrogen-bond acceptors (Lipinski definition) is 1. The lowest BCUT2D eigenvalue weighted by Crippen LogP contribution is -2.07. The molecule has 1 unspecified atom stereocenters. The molecule has 0 radical (unpaired) electrons. The molecule has 0 aliphatic heterocycles. The number of halogens is 1. The third-order valence-corrected chi connectivity index (χ3v) is 2.21. The van der Waals surface area contributed by atoms with Gasteiger partial charge in [0.05, 0.1) is 0 Å². The van der Waals surface area contributed by atoms with Crippen LogP contribution in [-0.4, -0.2) is 0 Å². The van der Waals surface area contributed by atoms with Gasteiger partial charge in [0.1, 0.15) is 0 Å². The Hall–Kier alpha value is -0.530. The summed E-state index contributed by atoms with van der Waals surface area (Å²) in [5, 5.41) is 0.763. The predicted octanol–water partition coefficient (Wildman–Crippen LogP) is 2.92. The van der Waals surface area contributed by atoms with Gasteiger partial charge in [0.25, 0.3) is 0 Å². The van der Waals surface area contributed by atoms with E-state index in [2.05, 4.69) is 6.92 Å². The van der Waals surface area contributed by atoms with E-state index in [-0.39, 0.29) is 6.04 Å². The Labute approximate surface area is 78.5 Å². The summed E-state index contributed by atoms with van der Waals surface area (Å²) in [5.74, 6) is 0. The summed E-state index contributed by atoms with van der Waals surface area (Å²) in [6.07, 6.45) is 1.01. The van der Waals surface area contributed by atoms with E-state index in [0.717, 1.165) is 17.0 Å². The van der Waals surface area contributed by atoms with Gasteiger partial charge in [-0.15, -0.1) is 0 Å². The Balaban J connectivity index is 3.12. The number of hydrogen-bond donors (Lipinski definition) is 1. The molecular weight excluding hydrogens is 170 g/mol. The highest BCUT2D eigenvalue weighted by Gasteiger charge is 2.05. The predicted molar refractivity (Wildman–Crippen MR) is 53.4 cm³/mol. The first-order valence-corrected chi connectivity index (χ1v) is 4.56. The molecule has 0 saturated carbocycles. The van der Waals surface area contributed by atoms with Crippen molar-refractivity contribution >= 4 is 11.6 Å². The second-order valence-corrected chi connectivity index (χ2v) is 3.42. The highest BCUT2D eigenvalue weighted by Crippen LogP contribution is 2.21. The topological polar surface area (TPSA) is 26.0 Å². The van der Waals surface area contributed by atoms with Crippen molar-refractivity contribution in [3.05, 3.63) is 34.3 Å². The second kappa shape index (κ2) is 3.92. The molecule has 2 heteroatoms. The average molecular weight is 184 g/mol. The number of benzene rings is 1. The Kier molecular flexibility index (Phi) is 3.12. The Morgan fingerprint density at radius 3 is 2.67 bits per heavy atom. The molecule has 1 rings (SSSR count). The van der Waals surface area contributed by atoms with Crippen LogP contribution in [0, 0.1) is 0 Å². The smallest absolute Gasteiger partial charge is 0.0409 e. The van der Waals surface area contributed by atoms with Crippen molar-refractivity contribution in [2.24, 2.45) is 5.73 Å². The number of aryl methyl sites for hydroxylation is 1. The van der Waals surface area contributed by atoms with Crippen molar-refractivity contribution in [3.63, 3.8) is 0 Å². The Morgan fingerprint density at radius 2 is 2.17 bits per heavy atom. The molecule has 0 aliphatic rings. The van der Waals surface area contributed by atoms with Gasteiger partial charge < -0.3 is 5.73 Å². The minimum atomic E-state index is 0.0682. The Morgan fingerprint density at radius 1 is 1.50 bits per heavy atom. The van der Waals surface area contributed by atoms with E-state index in [9.17, 15) is 0 Å². The van der Waals surface area contributed by atoms with Crippen LogP contribution >= 0.6 is 11.6 Å². The fourth-order valence-corrected chi connectivity index (χ4v) is 1.49. The van der Waals surface area contributed by atoms with Gasteiger partial charge in [-0.25, -0.2) is 0 Å². The molecule has 12 heavy (non-hydrogen) atoms. The first-order chi connectivity index (χ1) is 5.65. The lowest BCUT2D eigenvalue weighted by atomic mass is 10.0. The fraction of sp³-hybridized carbons (Fsp3) is 0.400. The van der Waals surface area contributed by atoms with E-state index < -0.39 is 0 Å². The van der Waals surface area contributed by atoms with Crippen molar-refractivity contribution < 1.29 is 0 Å². The van der Waals surface area contributed by atoms with Crippen LogP contribution < -0.4 is 5.73 Å². The number of nitrogens with two attached hydrogens (primary N) is 1. The van der Waals surface area contributed by atoms with Crippen molar-refractivity contribution in [1.82, 2.24) is 0 Å². The van der Waals surface area contributed by atoms with E-state index in [1.165, 1.54) is 5.56 Å². The molecule has 0 aliphatic carbocycles. The average Bonchev–Trinajstić information content (AvgIpc) is 2.04. The minimum absolute atomic E-state index is 0.0682. The summed E-state index contributed by atoms with van der Waals surface area (Å²) >= 11 is 5.86. The van der Waals surface area contributed by atoms with Gasteiger partial charge in [-0.1, -0.05) is 24.6 Å². The van der Waals surface area contributed by atoms with Crippen molar-refractivity contribution in [3.8, 4) is 0 Å². The zero-order valence-corrected chi connectivity index (χ0v) is 8.23. The molecule has 0 bridgehead atoms. The SMILES string of the molecule is CCc1ccc(Cl)cc1C(C)N. The number of rotatable bonds is 2. The quantitative estimate of drug-likeness (QED) is 0.750. The van der Waals surface area contributed by atoms with Gasteiger partial charge in [0.15, 0.2) is 0 Å². The molecule has 0 amide bonds. The van der Waals surface area contributed by atoms with E-state index >= 15 is 0 Å². The Bertz CT molecular complexity index is 269. The lowest BCUT2D eigenvalue weighted by Gasteiger charge is -2.11. The highest BCUT2D eigenvalue weighted by molar-refractivity contribution is 6.30. The molecule has 1 aromatic rings. The molecule has 1 nitrogen and oxygen atoms in total. The van der Waals surface area contributed by atoms with Gasteiger partial charge in [-0.3, -0.25) is 0 Å². The fourth-order valence-electron chi connectivity index (χ4n) is 1.31. The second-order valence-electron chi connectivity index (χ2n) is 2.99. The van der Waals surface area contributed by atoms with Crippen LogP contribution in [0.15, 0.2) is 18.2 Å². The van der Waals surface area contributed by atoms with Crippen LogP contribution in [0.25, 0.3) is 0 Å². The van der Waals surface area contributed by atoms with E-state index in [4.69, 9.17) is 17.3 Å². The monoisotopic (exact) mass is 183 g/mol. The van der Waals surface area contributed by atoms with Gasteiger partial charge in [0.2, 0.25) is 0 Å².